The fourth-order valence-corrected chi connectivity index (χ4v) is 2.80. The summed E-state index contributed by atoms with van der Waals surface area (Å²) in [6.07, 6.45) is 1.54. The molecule has 0 fully saturated rings. The zero-order valence-corrected chi connectivity index (χ0v) is 15.2. The van der Waals surface area contributed by atoms with Gasteiger partial charge < -0.3 is 9.88 Å². The summed E-state index contributed by atoms with van der Waals surface area (Å²) in [6, 6.07) is 10.2. The van der Waals surface area contributed by atoms with Crippen molar-refractivity contribution in [2.45, 2.75) is 20.4 Å². The zero-order chi connectivity index (χ0) is 20.4. The standard InChI is InChI=1S/C21H17F3N2O2/c1-12-5-6-13(2)14(10-12)11-26-9-3-4-15(21(26)28)20(27)25-17-8-7-16(22)18(23)19(17)24/h3-10H,11H2,1-2H3,(H,25,27). The molecule has 0 atom stereocenters. The van der Waals surface area contributed by atoms with Crippen LogP contribution in [-0.4, -0.2) is 10.5 Å². The first kappa shape index (κ1) is 19.4. The molecule has 0 aliphatic heterocycles. The van der Waals surface area contributed by atoms with Gasteiger partial charge in [-0.2, -0.15) is 0 Å². The van der Waals surface area contributed by atoms with Gasteiger partial charge in [0.2, 0.25) is 0 Å². The van der Waals surface area contributed by atoms with E-state index in [2.05, 4.69) is 5.32 Å². The largest absolute Gasteiger partial charge is 0.319 e. The van der Waals surface area contributed by atoms with Crippen molar-refractivity contribution >= 4 is 11.6 Å². The van der Waals surface area contributed by atoms with E-state index in [1.807, 2.05) is 32.0 Å². The summed E-state index contributed by atoms with van der Waals surface area (Å²) < 4.78 is 41.5. The van der Waals surface area contributed by atoms with E-state index in [9.17, 15) is 22.8 Å². The topological polar surface area (TPSA) is 51.1 Å². The molecule has 28 heavy (non-hydrogen) atoms. The third-order valence-corrected chi connectivity index (χ3v) is 4.39. The average Bonchev–Trinajstić information content (AvgIpc) is 2.66. The minimum absolute atomic E-state index is 0.239. The van der Waals surface area contributed by atoms with Gasteiger partial charge in [0.15, 0.2) is 17.5 Å². The molecule has 3 aromatic rings. The number of halogens is 3. The molecule has 7 heteroatoms. The van der Waals surface area contributed by atoms with Crippen molar-refractivity contribution < 1.29 is 18.0 Å². The van der Waals surface area contributed by atoms with Crippen LogP contribution in [-0.2, 0) is 6.54 Å². The Morgan fingerprint density at radius 2 is 1.79 bits per heavy atom. The Kier molecular flexibility index (Phi) is 5.35. The lowest BCUT2D eigenvalue weighted by Gasteiger charge is -2.12. The predicted molar refractivity (Wildman–Crippen MR) is 100.0 cm³/mol. The highest BCUT2D eigenvalue weighted by atomic mass is 19.2. The molecular formula is C21H17F3N2O2. The van der Waals surface area contributed by atoms with Crippen LogP contribution in [0.5, 0.6) is 0 Å². The number of carbonyl (C=O) groups is 1. The van der Waals surface area contributed by atoms with Gasteiger partial charge in [0.1, 0.15) is 5.56 Å². The van der Waals surface area contributed by atoms with E-state index in [1.165, 1.54) is 16.7 Å². The third-order valence-electron chi connectivity index (χ3n) is 4.39. The van der Waals surface area contributed by atoms with E-state index in [1.54, 1.807) is 6.20 Å². The van der Waals surface area contributed by atoms with E-state index in [-0.39, 0.29) is 12.1 Å². The quantitative estimate of drug-likeness (QED) is 0.684. The molecule has 0 saturated heterocycles. The number of rotatable bonds is 4. The number of nitrogens with one attached hydrogen (secondary N) is 1. The predicted octanol–water partition coefficient (Wildman–Crippen LogP) is 4.18. The summed E-state index contributed by atoms with van der Waals surface area (Å²) in [6.45, 7) is 4.11. The van der Waals surface area contributed by atoms with Crippen molar-refractivity contribution in [1.82, 2.24) is 4.57 Å². The second kappa shape index (κ2) is 7.72. The summed E-state index contributed by atoms with van der Waals surface area (Å²) >= 11 is 0. The number of carbonyl (C=O) groups excluding carboxylic acids is 1. The molecule has 0 radical (unpaired) electrons. The fraction of sp³-hybridized carbons (Fsp3) is 0.143. The highest BCUT2D eigenvalue weighted by Gasteiger charge is 2.18. The first-order valence-electron chi connectivity index (χ1n) is 8.48. The fourth-order valence-electron chi connectivity index (χ4n) is 2.80. The molecule has 0 bridgehead atoms. The van der Waals surface area contributed by atoms with Gasteiger partial charge in [-0.3, -0.25) is 9.59 Å². The first-order valence-corrected chi connectivity index (χ1v) is 8.48. The molecule has 0 spiro atoms. The Labute approximate surface area is 159 Å². The van der Waals surface area contributed by atoms with Crippen molar-refractivity contribution in [2.24, 2.45) is 0 Å². The van der Waals surface area contributed by atoms with Crippen molar-refractivity contribution in [2.75, 3.05) is 5.32 Å². The molecule has 3 rings (SSSR count). The number of nitrogens with zero attached hydrogens (tertiary/aromatic N) is 1. The number of anilines is 1. The van der Waals surface area contributed by atoms with Crippen LogP contribution in [0.2, 0.25) is 0 Å². The first-order chi connectivity index (χ1) is 13.3. The monoisotopic (exact) mass is 386 g/mol. The minimum Gasteiger partial charge on any atom is -0.319 e. The molecule has 0 aliphatic carbocycles. The molecule has 1 N–H and O–H groups in total. The Morgan fingerprint density at radius 3 is 2.54 bits per heavy atom. The smallest absolute Gasteiger partial charge is 0.263 e. The van der Waals surface area contributed by atoms with Crippen LogP contribution < -0.4 is 10.9 Å². The molecule has 0 unspecified atom stereocenters. The number of hydrogen-bond donors (Lipinski definition) is 1. The van der Waals surface area contributed by atoms with Crippen LogP contribution in [0.25, 0.3) is 0 Å². The summed E-state index contributed by atoms with van der Waals surface area (Å²) in [5.41, 5.74) is 1.59. The maximum Gasteiger partial charge on any atom is 0.263 e. The maximum absolute atomic E-state index is 13.8. The van der Waals surface area contributed by atoms with Gasteiger partial charge in [0.25, 0.3) is 11.5 Å². The molecular weight excluding hydrogens is 369 g/mol. The lowest BCUT2D eigenvalue weighted by Crippen LogP contribution is -2.29. The molecule has 1 heterocycles. The van der Waals surface area contributed by atoms with Crippen LogP contribution in [0.15, 0.2) is 53.5 Å². The van der Waals surface area contributed by atoms with Gasteiger partial charge in [-0.15, -0.1) is 0 Å². The van der Waals surface area contributed by atoms with E-state index in [0.29, 0.717) is 6.07 Å². The molecule has 144 valence electrons. The van der Waals surface area contributed by atoms with Gasteiger partial charge in [0, 0.05) is 6.20 Å². The summed E-state index contributed by atoms with van der Waals surface area (Å²) in [5.74, 6) is -5.51. The molecule has 1 aromatic heterocycles. The summed E-state index contributed by atoms with van der Waals surface area (Å²) in [5, 5.41) is 2.11. The molecule has 0 aliphatic rings. The summed E-state index contributed by atoms with van der Waals surface area (Å²) in [7, 11) is 0. The second-order valence-corrected chi connectivity index (χ2v) is 6.46. The average molecular weight is 386 g/mol. The SMILES string of the molecule is Cc1ccc(C)c(Cn2cccc(C(=O)Nc3ccc(F)c(F)c3F)c2=O)c1. The van der Waals surface area contributed by atoms with Gasteiger partial charge in [0.05, 0.1) is 12.2 Å². The number of aromatic nitrogens is 1. The van der Waals surface area contributed by atoms with E-state index in [0.717, 1.165) is 22.8 Å². The lowest BCUT2D eigenvalue weighted by molar-refractivity contribution is 0.102. The van der Waals surface area contributed by atoms with Crippen molar-refractivity contribution in [3.05, 3.63) is 98.7 Å². The number of amides is 1. The van der Waals surface area contributed by atoms with Crippen LogP contribution in [0.1, 0.15) is 27.0 Å². The molecule has 1 amide bonds. The Hall–Kier alpha value is -3.35. The number of aryl methyl sites for hydroxylation is 2. The molecule has 4 nitrogen and oxygen atoms in total. The Bertz CT molecular complexity index is 1120. The van der Waals surface area contributed by atoms with Gasteiger partial charge in [-0.25, -0.2) is 13.2 Å². The van der Waals surface area contributed by atoms with E-state index < -0.39 is 34.6 Å². The lowest BCUT2D eigenvalue weighted by atomic mass is 10.1. The van der Waals surface area contributed by atoms with Crippen LogP contribution in [0.4, 0.5) is 18.9 Å². The van der Waals surface area contributed by atoms with Crippen LogP contribution >= 0.6 is 0 Å². The number of hydrogen-bond acceptors (Lipinski definition) is 2. The van der Waals surface area contributed by atoms with Crippen LogP contribution in [0, 0.1) is 31.3 Å². The maximum atomic E-state index is 13.8. The van der Waals surface area contributed by atoms with Crippen LogP contribution in [0.3, 0.4) is 0 Å². The van der Waals surface area contributed by atoms with Gasteiger partial charge in [-0.05, 0) is 49.2 Å². The second-order valence-electron chi connectivity index (χ2n) is 6.46. The number of pyridine rings is 1. The summed E-state index contributed by atoms with van der Waals surface area (Å²) in [4.78, 5) is 25.1. The highest BCUT2D eigenvalue weighted by molar-refractivity contribution is 6.04. The van der Waals surface area contributed by atoms with Gasteiger partial charge >= 0.3 is 0 Å². The van der Waals surface area contributed by atoms with E-state index in [4.69, 9.17) is 0 Å². The highest BCUT2D eigenvalue weighted by Crippen LogP contribution is 2.20. The molecule has 0 saturated carbocycles. The van der Waals surface area contributed by atoms with Crippen molar-refractivity contribution in [1.29, 1.82) is 0 Å². The van der Waals surface area contributed by atoms with Crippen molar-refractivity contribution in [3.8, 4) is 0 Å². The van der Waals surface area contributed by atoms with Gasteiger partial charge in [-0.1, -0.05) is 23.8 Å². The minimum atomic E-state index is -1.70. The zero-order valence-electron chi connectivity index (χ0n) is 15.2. The van der Waals surface area contributed by atoms with Crippen molar-refractivity contribution in [3.63, 3.8) is 0 Å². The third kappa shape index (κ3) is 3.83. The van der Waals surface area contributed by atoms with E-state index >= 15 is 0 Å². The Balaban J connectivity index is 1.90. The molecule has 2 aromatic carbocycles. The number of benzene rings is 2. The normalized spacial score (nSPS) is 10.8. The Morgan fingerprint density at radius 1 is 1.04 bits per heavy atom.